The Hall–Kier alpha value is -1.16. The van der Waals surface area contributed by atoms with Crippen molar-refractivity contribution in [2.45, 2.75) is 57.4 Å². The number of hydrogen-bond acceptors (Lipinski definition) is 3. The van der Waals surface area contributed by atoms with Crippen molar-refractivity contribution in [2.75, 3.05) is 19.6 Å². The van der Waals surface area contributed by atoms with Crippen LogP contribution in [0.25, 0.3) is 0 Å². The van der Waals surface area contributed by atoms with Crippen molar-refractivity contribution in [3.8, 4) is 0 Å². The van der Waals surface area contributed by atoms with Crippen molar-refractivity contribution in [2.24, 2.45) is 11.8 Å². The van der Waals surface area contributed by atoms with E-state index < -0.39 is 0 Å². The number of likely N-dealkylation sites (tertiary alicyclic amines) is 1. The van der Waals surface area contributed by atoms with E-state index in [0.29, 0.717) is 11.8 Å². The molecule has 0 radical (unpaired) electrons. The van der Waals surface area contributed by atoms with E-state index in [9.17, 15) is 4.79 Å². The number of hydrogen-bond donors (Lipinski definition) is 0. The smallest absolute Gasteiger partial charge is 0.266 e. The average Bonchev–Trinajstić information content (AvgIpc) is 3.33. The summed E-state index contributed by atoms with van der Waals surface area (Å²) < 4.78 is 1.72. The fourth-order valence-corrected chi connectivity index (χ4v) is 4.11. The third kappa shape index (κ3) is 3.27. The molecule has 0 bridgehead atoms. The predicted molar refractivity (Wildman–Crippen MR) is 87.0 cm³/mol. The molecule has 4 rings (SSSR count). The zero-order valence-electron chi connectivity index (χ0n) is 13.4. The number of nitrogens with zero attached hydrogens (tertiary/aromatic N) is 3. The second-order valence-corrected chi connectivity index (χ2v) is 7.64. The molecule has 3 aliphatic rings. The first-order chi connectivity index (χ1) is 10.8. The average molecular weight is 301 g/mol. The van der Waals surface area contributed by atoms with Crippen LogP contribution in [0.4, 0.5) is 0 Å². The lowest BCUT2D eigenvalue weighted by atomic mass is 9.87. The topological polar surface area (TPSA) is 38.1 Å². The van der Waals surface area contributed by atoms with Gasteiger partial charge in [0.05, 0.1) is 12.2 Å². The predicted octanol–water partition coefficient (Wildman–Crippen LogP) is 2.63. The third-order valence-electron chi connectivity index (χ3n) is 5.59. The van der Waals surface area contributed by atoms with Crippen molar-refractivity contribution >= 4 is 0 Å². The van der Waals surface area contributed by atoms with Gasteiger partial charge in [0, 0.05) is 37.5 Å². The summed E-state index contributed by atoms with van der Waals surface area (Å²) in [6.45, 7) is 4.39. The molecule has 0 aromatic carbocycles. The largest absolute Gasteiger partial charge is 0.302 e. The fourth-order valence-electron chi connectivity index (χ4n) is 4.11. The molecular weight excluding hydrogens is 274 g/mol. The Labute approximate surface area is 132 Å². The molecule has 1 aliphatic heterocycles. The van der Waals surface area contributed by atoms with Crippen molar-refractivity contribution in [3.05, 3.63) is 28.2 Å². The van der Waals surface area contributed by atoms with E-state index in [2.05, 4.69) is 10.00 Å². The van der Waals surface area contributed by atoms with Gasteiger partial charge in [-0.05, 0) is 37.7 Å². The molecule has 4 nitrogen and oxygen atoms in total. The summed E-state index contributed by atoms with van der Waals surface area (Å²) in [5, 5.41) is 4.58. The molecule has 1 saturated heterocycles. The van der Waals surface area contributed by atoms with Crippen LogP contribution >= 0.6 is 0 Å². The Kier molecular flexibility index (Phi) is 4.03. The van der Waals surface area contributed by atoms with Gasteiger partial charge in [-0.25, -0.2) is 4.68 Å². The lowest BCUT2D eigenvalue weighted by molar-refractivity contribution is 0.0602. The summed E-state index contributed by atoms with van der Waals surface area (Å²) in [6.07, 6.45) is 9.61. The van der Waals surface area contributed by atoms with Crippen LogP contribution in [-0.4, -0.2) is 34.3 Å². The van der Waals surface area contributed by atoms with Crippen LogP contribution in [0, 0.1) is 11.8 Å². The Morgan fingerprint density at radius 2 is 1.73 bits per heavy atom. The molecule has 22 heavy (non-hydrogen) atoms. The first-order valence-corrected chi connectivity index (χ1v) is 9.08. The summed E-state index contributed by atoms with van der Waals surface area (Å²) >= 11 is 0. The summed E-state index contributed by atoms with van der Waals surface area (Å²) in [6, 6.07) is 3.63. The van der Waals surface area contributed by atoms with E-state index in [0.717, 1.165) is 31.2 Å². The molecule has 2 heterocycles. The Balaban J connectivity index is 1.28. The summed E-state index contributed by atoms with van der Waals surface area (Å²) in [4.78, 5) is 14.6. The normalized spacial score (nSPS) is 24.4. The first kappa shape index (κ1) is 14.4. The van der Waals surface area contributed by atoms with E-state index in [1.807, 2.05) is 6.07 Å². The van der Waals surface area contributed by atoms with Gasteiger partial charge < -0.3 is 4.90 Å². The fraction of sp³-hybridized carbons (Fsp3) is 0.778. The minimum Gasteiger partial charge on any atom is -0.302 e. The quantitative estimate of drug-likeness (QED) is 0.839. The highest BCUT2D eigenvalue weighted by atomic mass is 16.1. The van der Waals surface area contributed by atoms with E-state index in [1.54, 1.807) is 10.7 Å². The van der Waals surface area contributed by atoms with Gasteiger partial charge >= 0.3 is 0 Å². The van der Waals surface area contributed by atoms with Gasteiger partial charge in [0.25, 0.3) is 5.56 Å². The second-order valence-electron chi connectivity index (χ2n) is 7.64. The molecule has 4 heteroatoms. The van der Waals surface area contributed by atoms with Gasteiger partial charge in [-0.3, -0.25) is 4.79 Å². The van der Waals surface area contributed by atoms with Crippen LogP contribution in [-0.2, 0) is 6.54 Å². The Morgan fingerprint density at radius 1 is 0.955 bits per heavy atom. The number of aromatic nitrogens is 2. The SMILES string of the molecule is O=c1ccc(C2CC2)nn1CC1CN(CC2CCCCC2)C1. The molecule has 2 saturated carbocycles. The molecule has 0 spiro atoms. The van der Waals surface area contributed by atoms with E-state index >= 15 is 0 Å². The summed E-state index contributed by atoms with van der Waals surface area (Å²) in [5.74, 6) is 2.16. The third-order valence-corrected chi connectivity index (χ3v) is 5.59. The maximum absolute atomic E-state index is 12.0. The van der Waals surface area contributed by atoms with Gasteiger partial charge in [-0.2, -0.15) is 5.10 Å². The number of rotatable bonds is 5. The molecule has 2 aliphatic carbocycles. The maximum Gasteiger partial charge on any atom is 0.266 e. The van der Waals surface area contributed by atoms with Crippen LogP contribution in [0.5, 0.6) is 0 Å². The molecule has 1 aromatic heterocycles. The highest BCUT2D eigenvalue weighted by Crippen LogP contribution is 2.38. The molecule has 0 atom stereocenters. The highest BCUT2D eigenvalue weighted by molar-refractivity contribution is 5.12. The van der Waals surface area contributed by atoms with E-state index in [4.69, 9.17) is 0 Å². The maximum atomic E-state index is 12.0. The lowest BCUT2D eigenvalue weighted by Gasteiger charge is -2.41. The highest BCUT2D eigenvalue weighted by Gasteiger charge is 2.30. The lowest BCUT2D eigenvalue weighted by Crippen LogP contribution is -2.51. The standard InChI is InChI=1S/C18H27N3O/c22-18-9-8-17(16-6-7-16)19-21(18)13-15-11-20(12-15)10-14-4-2-1-3-5-14/h8-9,14-16H,1-7,10-13H2. The van der Waals surface area contributed by atoms with Gasteiger partial charge in [0.15, 0.2) is 0 Å². The van der Waals surface area contributed by atoms with Gasteiger partial charge in [0.2, 0.25) is 0 Å². The minimum absolute atomic E-state index is 0.0649. The Bertz CT molecular complexity index is 566. The van der Waals surface area contributed by atoms with Gasteiger partial charge in [-0.15, -0.1) is 0 Å². The van der Waals surface area contributed by atoms with E-state index in [-0.39, 0.29) is 5.56 Å². The Morgan fingerprint density at radius 3 is 2.45 bits per heavy atom. The monoisotopic (exact) mass is 301 g/mol. The first-order valence-electron chi connectivity index (χ1n) is 9.08. The van der Waals surface area contributed by atoms with Gasteiger partial charge in [-0.1, -0.05) is 19.3 Å². The minimum atomic E-state index is 0.0649. The molecule has 120 valence electrons. The molecule has 0 amide bonds. The van der Waals surface area contributed by atoms with Crippen LogP contribution in [0.15, 0.2) is 16.9 Å². The molecule has 0 unspecified atom stereocenters. The van der Waals surface area contributed by atoms with Crippen LogP contribution < -0.4 is 5.56 Å². The molecular formula is C18H27N3O. The van der Waals surface area contributed by atoms with Gasteiger partial charge in [0.1, 0.15) is 0 Å². The van der Waals surface area contributed by atoms with Crippen LogP contribution in [0.2, 0.25) is 0 Å². The molecule has 3 fully saturated rings. The second kappa shape index (κ2) is 6.15. The van der Waals surface area contributed by atoms with Crippen molar-refractivity contribution in [1.82, 2.24) is 14.7 Å². The molecule has 1 aromatic rings. The van der Waals surface area contributed by atoms with Crippen molar-refractivity contribution in [3.63, 3.8) is 0 Å². The van der Waals surface area contributed by atoms with Crippen LogP contribution in [0.3, 0.4) is 0 Å². The summed E-state index contributed by atoms with van der Waals surface area (Å²) in [7, 11) is 0. The molecule has 0 N–H and O–H groups in total. The van der Waals surface area contributed by atoms with E-state index in [1.165, 1.54) is 51.5 Å². The summed E-state index contributed by atoms with van der Waals surface area (Å²) in [5.41, 5.74) is 1.19. The zero-order chi connectivity index (χ0) is 14.9. The van der Waals surface area contributed by atoms with Crippen molar-refractivity contribution in [1.29, 1.82) is 0 Å². The zero-order valence-corrected chi connectivity index (χ0v) is 13.4. The van der Waals surface area contributed by atoms with Crippen LogP contribution in [0.1, 0.15) is 56.6 Å². The van der Waals surface area contributed by atoms with Crippen molar-refractivity contribution < 1.29 is 0 Å².